The Kier molecular flexibility index (Phi) is 6.55. The number of nitrogens with zero attached hydrogens (tertiary/aromatic N) is 1. The zero-order chi connectivity index (χ0) is 22.5. The van der Waals surface area contributed by atoms with E-state index >= 15 is 0 Å². The van der Waals surface area contributed by atoms with Crippen LogP contribution in [0.25, 0.3) is 10.8 Å². The van der Waals surface area contributed by atoms with E-state index in [4.69, 9.17) is 10.5 Å². The third-order valence-electron chi connectivity index (χ3n) is 6.38. The highest BCUT2D eigenvalue weighted by Gasteiger charge is 2.36. The van der Waals surface area contributed by atoms with Crippen molar-refractivity contribution in [2.45, 2.75) is 24.9 Å². The Morgan fingerprint density at radius 2 is 1.75 bits per heavy atom. The Morgan fingerprint density at radius 3 is 2.50 bits per heavy atom. The van der Waals surface area contributed by atoms with E-state index in [2.05, 4.69) is 18.7 Å². The SMILES string of the molecule is C=CC(=O)N1C[C@H](CC[C@@H](OC(N)=O)c2cccc3ccccc23)[C@@H](c2ccccc2)C1. The predicted molar refractivity (Wildman–Crippen MR) is 126 cm³/mol. The summed E-state index contributed by atoms with van der Waals surface area (Å²) >= 11 is 0. The van der Waals surface area contributed by atoms with Gasteiger partial charge in [0.15, 0.2) is 0 Å². The summed E-state index contributed by atoms with van der Waals surface area (Å²) in [7, 11) is 0. The maximum atomic E-state index is 12.3. The molecule has 1 aliphatic heterocycles. The highest BCUT2D eigenvalue weighted by Crippen LogP contribution is 2.38. The van der Waals surface area contributed by atoms with Gasteiger partial charge in [-0.1, -0.05) is 79.4 Å². The minimum atomic E-state index is -0.780. The molecule has 164 valence electrons. The van der Waals surface area contributed by atoms with Crippen molar-refractivity contribution in [3.05, 3.63) is 96.6 Å². The van der Waals surface area contributed by atoms with Crippen molar-refractivity contribution in [1.82, 2.24) is 4.90 Å². The second-order valence-electron chi connectivity index (χ2n) is 8.30. The Balaban J connectivity index is 1.59. The molecule has 5 nitrogen and oxygen atoms in total. The monoisotopic (exact) mass is 428 g/mol. The number of amides is 2. The molecule has 0 aromatic heterocycles. The van der Waals surface area contributed by atoms with E-state index in [9.17, 15) is 9.59 Å². The lowest BCUT2D eigenvalue weighted by Gasteiger charge is -2.23. The fraction of sp³-hybridized carbons (Fsp3) is 0.259. The number of rotatable bonds is 7. The second-order valence-corrected chi connectivity index (χ2v) is 8.30. The Morgan fingerprint density at radius 1 is 1.03 bits per heavy atom. The highest BCUT2D eigenvalue weighted by atomic mass is 16.6. The molecule has 1 heterocycles. The summed E-state index contributed by atoms with van der Waals surface area (Å²) in [5.74, 6) is 0.421. The van der Waals surface area contributed by atoms with Gasteiger partial charge >= 0.3 is 6.09 Å². The molecule has 1 aliphatic rings. The van der Waals surface area contributed by atoms with Gasteiger partial charge in [-0.2, -0.15) is 0 Å². The number of fused-ring (bicyclic) bond motifs is 1. The standard InChI is InChI=1S/C27H28N2O3/c1-2-26(30)29-17-21(24(18-29)20-9-4-3-5-10-20)15-16-25(32-27(28)31)23-14-8-12-19-11-6-7-13-22(19)23/h2-14,21,24-25H,1,15-18H2,(H2,28,31)/t21-,24+,25+/m0/s1. The van der Waals surface area contributed by atoms with Gasteiger partial charge in [0.2, 0.25) is 5.91 Å². The van der Waals surface area contributed by atoms with Gasteiger partial charge in [0.05, 0.1) is 0 Å². The fourth-order valence-electron chi connectivity index (χ4n) is 4.87. The molecule has 1 fully saturated rings. The molecule has 0 radical (unpaired) electrons. The molecule has 3 aromatic carbocycles. The summed E-state index contributed by atoms with van der Waals surface area (Å²) < 4.78 is 5.58. The van der Waals surface area contributed by atoms with Crippen molar-refractivity contribution in [3.8, 4) is 0 Å². The second kappa shape index (κ2) is 9.69. The van der Waals surface area contributed by atoms with Crippen molar-refractivity contribution in [1.29, 1.82) is 0 Å². The van der Waals surface area contributed by atoms with E-state index in [1.165, 1.54) is 11.6 Å². The Hall–Kier alpha value is -3.60. The van der Waals surface area contributed by atoms with E-state index in [0.717, 1.165) is 22.8 Å². The number of likely N-dealkylation sites (tertiary alicyclic amines) is 1. The van der Waals surface area contributed by atoms with E-state index in [-0.39, 0.29) is 17.7 Å². The van der Waals surface area contributed by atoms with E-state index in [1.807, 2.05) is 65.6 Å². The van der Waals surface area contributed by atoms with Crippen LogP contribution in [0.1, 0.15) is 36.0 Å². The lowest BCUT2D eigenvalue weighted by atomic mass is 9.84. The van der Waals surface area contributed by atoms with Crippen molar-refractivity contribution in [2.75, 3.05) is 13.1 Å². The molecule has 5 heteroatoms. The maximum absolute atomic E-state index is 12.3. The van der Waals surface area contributed by atoms with Crippen LogP contribution in [-0.4, -0.2) is 30.0 Å². The lowest BCUT2D eigenvalue weighted by molar-refractivity contribution is -0.125. The van der Waals surface area contributed by atoms with Gasteiger partial charge in [0.25, 0.3) is 0 Å². The van der Waals surface area contributed by atoms with Crippen LogP contribution in [0.3, 0.4) is 0 Å². The van der Waals surface area contributed by atoms with E-state index < -0.39 is 12.2 Å². The number of primary amides is 1. The molecule has 2 N–H and O–H groups in total. The molecule has 3 aromatic rings. The third kappa shape index (κ3) is 4.67. The minimum absolute atomic E-state index is 0.0487. The van der Waals surface area contributed by atoms with Crippen LogP contribution >= 0.6 is 0 Å². The van der Waals surface area contributed by atoms with Crippen LogP contribution in [0.15, 0.2) is 85.5 Å². The molecule has 32 heavy (non-hydrogen) atoms. The first-order valence-electron chi connectivity index (χ1n) is 11.0. The number of nitrogens with two attached hydrogens (primary N) is 1. The number of hydrogen-bond acceptors (Lipinski definition) is 3. The quantitative estimate of drug-likeness (QED) is 0.527. The summed E-state index contributed by atoms with van der Waals surface area (Å²) in [5, 5.41) is 2.14. The first-order chi connectivity index (χ1) is 15.6. The number of ether oxygens (including phenoxy) is 1. The molecule has 4 rings (SSSR count). The molecule has 0 spiro atoms. The van der Waals surface area contributed by atoms with Gasteiger partial charge < -0.3 is 15.4 Å². The van der Waals surface area contributed by atoms with Crippen LogP contribution < -0.4 is 5.73 Å². The van der Waals surface area contributed by atoms with Crippen LogP contribution in [0.2, 0.25) is 0 Å². The van der Waals surface area contributed by atoms with Crippen molar-refractivity contribution >= 4 is 22.8 Å². The first-order valence-corrected chi connectivity index (χ1v) is 11.0. The number of carbonyl (C=O) groups excluding carboxylic acids is 2. The van der Waals surface area contributed by atoms with Gasteiger partial charge in [-0.05, 0) is 41.2 Å². The molecular formula is C27H28N2O3. The third-order valence-corrected chi connectivity index (χ3v) is 6.38. The molecule has 2 amide bonds. The van der Waals surface area contributed by atoms with Crippen molar-refractivity contribution < 1.29 is 14.3 Å². The Labute approximate surface area is 188 Å². The van der Waals surface area contributed by atoms with Crippen LogP contribution in [-0.2, 0) is 9.53 Å². The summed E-state index contributed by atoms with van der Waals surface area (Å²) in [4.78, 5) is 25.9. The fourth-order valence-corrected chi connectivity index (χ4v) is 4.87. The average Bonchev–Trinajstić information content (AvgIpc) is 3.25. The molecule has 1 saturated heterocycles. The normalized spacial score (nSPS) is 18.9. The molecule has 0 unspecified atom stereocenters. The molecule has 0 saturated carbocycles. The molecule has 0 bridgehead atoms. The Bertz CT molecular complexity index is 1110. The smallest absolute Gasteiger partial charge is 0.405 e. The van der Waals surface area contributed by atoms with Gasteiger partial charge in [-0.3, -0.25) is 4.79 Å². The molecule has 3 atom stereocenters. The maximum Gasteiger partial charge on any atom is 0.405 e. The van der Waals surface area contributed by atoms with Crippen LogP contribution in [0, 0.1) is 5.92 Å². The van der Waals surface area contributed by atoms with Crippen LogP contribution in [0.4, 0.5) is 4.79 Å². The highest BCUT2D eigenvalue weighted by molar-refractivity contribution is 5.87. The predicted octanol–water partition coefficient (Wildman–Crippen LogP) is 5.18. The molecule has 0 aliphatic carbocycles. The van der Waals surface area contributed by atoms with Gasteiger partial charge in [0, 0.05) is 24.6 Å². The van der Waals surface area contributed by atoms with Crippen molar-refractivity contribution in [3.63, 3.8) is 0 Å². The number of benzene rings is 3. The van der Waals surface area contributed by atoms with Gasteiger partial charge in [-0.15, -0.1) is 0 Å². The van der Waals surface area contributed by atoms with Crippen molar-refractivity contribution in [2.24, 2.45) is 11.7 Å². The summed E-state index contributed by atoms with van der Waals surface area (Å²) in [6.45, 7) is 4.96. The topological polar surface area (TPSA) is 72.6 Å². The van der Waals surface area contributed by atoms with Crippen LogP contribution in [0.5, 0.6) is 0 Å². The van der Waals surface area contributed by atoms with E-state index in [0.29, 0.717) is 19.5 Å². The summed E-state index contributed by atoms with van der Waals surface area (Å²) in [5.41, 5.74) is 7.60. The lowest BCUT2D eigenvalue weighted by Crippen LogP contribution is -2.27. The minimum Gasteiger partial charge on any atom is -0.441 e. The first kappa shape index (κ1) is 21.6. The van der Waals surface area contributed by atoms with Gasteiger partial charge in [0.1, 0.15) is 6.10 Å². The average molecular weight is 429 g/mol. The summed E-state index contributed by atoms with van der Waals surface area (Å²) in [6.07, 6.45) is 1.57. The summed E-state index contributed by atoms with van der Waals surface area (Å²) in [6, 6.07) is 24.3. The molecular weight excluding hydrogens is 400 g/mol. The number of hydrogen-bond donors (Lipinski definition) is 1. The largest absolute Gasteiger partial charge is 0.441 e. The zero-order valence-corrected chi connectivity index (χ0v) is 18.0. The number of carbonyl (C=O) groups is 2. The zero-order valence-electron chi connectivity index (χ0n) is 18.0. The van der Waals surface area contributed by atoms with Gasteiger partial charge in [-0.25, -0.2) is 4.79 Å². The van der Waals surface area contributed by atoms with E-state index in [1.54, 1.807) is 0 Å².